The van der Waals surface area contributed by atoms with Gasteiger partial charge >= 0.3 is 0 Å². The first kappa shape index (κ1) is 10.9. The van der Waals surface area contributed by atoms with E-state index in [2.05, 4.69) is 22.5 Å². The van der Waals surface area contributed by atoms with E-state index < -0.39 is 0 Å². The molecule has 0 aliphatic carbocycles. The standard InChI is InChI=1S/C11H12BrNOS/c1-8-2-4-13(5-3-8)11(14)9-6-10(12)15-7-9/h6-7H,1-5H2. The van der Waals surface area contributed by atoms with Crippen LogP contribution in [0, 0.1) is 0 Å². The Balaban J connectivity index is 2.05. The van der Waals surface area contributed by atoms with Crippen LogP contribution in [0.3, 0.4) is 0 Å². The number of likely N-dealkylation sites (tertiary alicyclic amines) is 1. The summed E-state index contributed by atoms with van der Waals surface area (Å²) in [6.45, 7) is 5.56. The number of nitrogens with zero attached hydrogens (tertiary/aromatic N) is 1. The molecule has 1 aliphatic rings. The summed E-state index contributed by atoms with van der Waals surface area (Å²) in [5.74, 6) is 0.143. The Morgan fingerprint density at radius 1 is 1.47 bits per heavy atom. The van der Waals surface area contributed by atoms with Gasteiger partial charge in [-0.05, 0) is 34.8 Å². The zero-order chi connectivity index (χ0) is 10.8. The average Bonchev–Trinajstić information content (AvgIpc) is 2.65. The molecular formula is C11H12BrNOS. The number of carbonyl (C=O) groups excluding carboxylic acids is 1. The summed E-state index contributed by atoms with van der Waals surface area (Å²) in [4.78, 5) is 13.9. The fourth-order valence-electron chi connectivity index (χ4n) is 1.63. The topological polar surface area (TPSA) is 20.3 Å². The highest BCUT2D eigenvalue weighted by molar-refractivity contribution is 9.11. The van der Waals surface area contributed by atoms with E-state index in [1.807, 2.05) is 16.3 Å². The van der Waals surface area contributed by atoms with Gasteiger partial charge in [0, 0.05) is 18.5 Å². The lowest BCUT2D eigenvalue weighted by Crippen LogP contribution is -2.35. The van der Waals surface area contributed by atoms with E-state index >= 15 is 0 Å². The van der Waals surface area contributed by atoms with Gasteiger partial charge < -0.3 is 4.90 Å². The first-order chi connectivity index (χ1) is 7.16. The van der Waals surface area contributed by atoms with Gasteiger partial charge in [-0.25, -0.2) is 0 Å². The molecule has 0 saturated carbocycles. The highest BCUT2D eigenvalue weighted by atomic mass is 79.9. The number of carbonyl (C=O) groups is 1. The Hall–Kier alpha value is -0.610. The van der Waals surface area contributed by atoms with Crippen LogP contribution in [0.15, 0.2) is 27.4 Å². The zero-order valence-corrected chi connectivity index (χ0v) is 10.7. The van der Waals surface area contributed by atoms with E-state index in [4.69, 9.17) is 0 Å². The molecule has 0 atom stereocenters. The first-order valence-corrected chi connectivity index (χ1v) is 6.54. The van der Waals surface area contributed by atoms with Crippen LogP contribution >= 0.6 is 27.3 Å². The quantitative estimate of drug-likeness (QED) is 0.725. The summed E-state index contributed by atoms with van der Waals surface area (Å²) in [5.41, 5.74) is 2.05. The van der Waals surface area contributed by atoms with Crippen LogP contribution in [0.1, 0.15) is 23.2 Å². The lowest BCUT2D eigenvalue weighted by molar-refractivity contribution is 0.0744. The second-order valence-corrected chi connectivity index (χ2v) is 5.97. The molecule has 80 valence electrons. The maximum atomic E-state index is 12.0. The first-order valence-electron chi connectivity index (χ1n) is 4.87. The summed E-state index contributed by atoms with van der Waals surface area (Å²) in [7, 11) is 0. The van der Waals surface area contributed by atoms with Crippen molar-refractivity contribution >= 4 is 33.2 Å². The van der Waals surface area contributed by atoms with Gasteiger partial charge in [-0.15, -0.1) is 11.3 Å². The lowest BCUT2D eigenvalue weighted by Gasteiger charge is -2.27. The molecule has 0 N–H and O–H groups in total. The number of hydrogen-bond donors (Lipinski definition) is 0. The van der Waals surface area contributed by atoms with Crippen molar-refractivity contribution in [2.24, 2.45) is 0 Å². The summed E-state index contributed by atoms with van der Waals surface area (Å²) in [6.07, 6.45) is 1.88. The Bertz CT molecular complexity index is 389. The second kappa shape index (κ2) is 4.49. The molecule has 2 heterocycles. The maximum absolute atomic E-state index is 12.0. The van der Waals surface area contributed by atoms with Crippen molar-refractivity contribution in [3.63, 3.8) is 0 Å². The molecule has 1 saturated heterocycles. The molecule has 2 nitrogen and oxygen atoms in total. The van der Waals surface area contributed by atoms with Gasteiger partial charge in [0.25, 0.3) is 5.91 Å². The predicted molar refractivity (Wildman–Crippen MR) is 66.3 cm³/mol. The van der Waals surface area contributed by atoms with Crippen LogP contribution in [-0.2, 0) is 0 Å². The molecule has 2 rings (SSSR count). The van der Waals surface area contributed by atoms with Crippen molar-refractivity contribution in [1.82, 2.24) is 4.90 Å². The number of hydrogen-bond acceptors (Lipinski definition) is 2. The minimum absolute atomic E-state index is 0.143. The highest BCUT2D eigenvalue weighted by Crippen LogP contribution is 2.23. The molecule has 0 aromatic carbocycles. The van der Waals surface area contributed by atoms with E-state index in [-0.39, 0.29) is 5.91 Å². The number of amides is 1. The molecular weight excluding hydrogens is 274 g/mol. The Labute approximate surface area is 102 Å². The van der Waals surface area contributed by atoms with Gasteiger partial charge in [0.1, 0.15) is 0 Å². The molecule has 0 radical (unpaired) electrons. The third kappa shape index (κ3) is 2.49. The maximum Gasteiger partial charge on any atom is 0.254 e. The monoisotopic (exact) mass is 285 g/mol. The smallest absolute Gasteiger partial charge is 0.254 e. The Morgan fingerprint density at radius 3 is 2.67 bits per heavy atom. The predicted octanol–water partition coefficient (Wildman–Crippen LogP) is 3.30. The third-order valence-electron chi connectivity index (χ3n) is 2.57. The largest absolute Gasteiger partial charge is 0.338 e. The van der Waals surface area contributed by atoms with Gasteiger partial charge in [-0.2, -0.15) is 0 Å². The average molecular weight is 286 g/mol. The van der Waals surface area contributed by atoms with Crippen LogP contribution < -0.4 is 0 Å². The lowest BCUT2D eigenvalue weighted by atomic mass is 10.1. The molecule has 15 heavy (non-hydrogen) atoms. The minimum Gasteiger partial charge on any atom is -0.338 e. The van der Waals surface area contributed by atoms with E-state index in [1.54, 1.807) is 11.3 Å². The van der Waals surface area contributed by atoms with Gasteiger partial charge in [0.05, 0.1) is 9.35 Å². The number of piperidine rings is 1. The fourth-order valence-corrected chi connectivity index (χ4v) is 2.76. The number of halogens is 1. The van der Waals surface area contributed by atoms with E-state index in [9.17, 15) is 4.79 Å². The van der Waals surface area contributed by atoms with Crippen molar-refractivity contribution in [3.8, 4) is 0 Å². The molecule has 0 unspecified atom stereocenters. The molecule has 1 aliphatic heterocycles. The highest BCUT2D eigenvalue weighted by Gasteiger charge is 2.20. The van der Waals surface area contributed by atoms with Crippen LogP contribution in [0.2, 0.25) is 0 Å². The summed E-state index contributed by atoms with van der Waals surface area (Å²) >= 11 is 4.92. The van der Waals surface area contributed by atoms with E-state index in [1.165, 1.54) is 5.57 Å². The Morgan fingerprint density at radius 2 is 2.13 bits per heavy atom. The SMILES string of the molecule is C=C1CCN(C(=O)c2csc(Br)c2)CC1. The van der Waals surface area contributed by atoms with Crippen molar-refractivity contribution in [3.05, 3.63) is 32.9 Å². The van der Waals surface area contributed by atoms with Crippen molar-refractivity contribution in [1.29, 1.82) is 0 Å². The van der Waals surface area contributed by atoms with Crippen LogP contribution in [0.4, 0.5) is 0 Å². The van der Waals surface area contributed by atoms with Crippen LogP contribution in [-0.4, -0.2) is 23.9 Å². The molecule has 4 heteroatoms. The van der Waals surface area contributed by atoms with Crippen LogP contribution in [0.25, 0.3) is 0 Å². The molecule has 1 aromatic rings. The van der Waals surface area contributed by atoms with Gasteiger partial charge in [0.2, 0.25) is 0 Å². The van der Waals surface area contributed by atoms with Crippen LogP contribution in [0.5, 0.6) is 0 Å². The van der Waals surface area contributed by atoms with Gasteiger partial charge in [-0.1, -0.05) is 12.2 Å². The number of rotatable bonds is 1. The van der Waals surface area contributed by atoms with Gasteiger partial charge in [0.15, 0.2) is 0 Å². The van der Waals surface area contributed by atoms with E-state index in [0.29, 0.717) is 0 Å². The van der Waals surface area contributed by atoms with Gasteiger partial charge in [-0.3, -0.25) is 4.79 Å². The molecule has 1 fully saturated rings. The minimum atomic E-state index is 0.143. The molecule has 0 spiro atoms. The van der Waals surface area contributed by atoms with Crippen molar-refractivity contribution in [2.45, 2.75) is 12.8 Å². The van der Waals surface area contributed by atoms with Crippen molar-refractivity contribution in [2.75, 3.05) is 13.1 Å². The summed E-state index contributed by atoms with van der Waals surface area (Å²) in [6, 6.07) is 1.89. The second-order valence-electron chi connectivity index (χ2n) is 3.68. The summed E-state index contributed by atoms with van der Waals surface area (Å²) in [5, 5.41) is 1.90. The molecule has 1 amide bonds. The zero-order valence-electron chi connectivity index (χ0n) is 8.33. The summed E-state index contributed by atoms with van der Waals surface area (Å²) < 4.78 is 1.01. The Kier molecular flexibility index (Phi) is 3.26. The number of thiophene rings is 1. The third-order valence-corrected chi connectivity index (χ3v) is 4.08. The molecule has 1 aromatic heterocycles. The molecule has 0 bridgehead atoms. The fraction of sp³-hybridized carbons (Fsp3) is 0.364. The van der Waals surface area contributed by atoms with E-state index in [0.717, 1.165) is 35.3 Å². The van der Waals surface area contributed by atoms with Crippen molar-refractivity contribution < 1.29 is 4.79 Å². The normalized spacial score (nSPS) is 16.9.